The predicted octanol–water partition coefficient (Wildman–Crippen LogP) is 0.562. The van der Waals surface area contributed by atoms with Gasteiger partial charge < -0.3 is 28.4 Å². The maximum absolute atomic E-state index is 5.11. The van der Waals surface area contributed by atoms with Crippen molar-refractivity contribution < 1.29 is 28.4 Å². The van der Waals surface area contributed by atoms with E-state index in [9.17, 15) is 0 Å². The first-order valence-corrected chi connectivity index (χ1v) is 4.38. The van der Waals surface area contributed by atoms with Crippen molar-refractivity contribution in [2.24, 2.45) is 0 Å². The Morgan fingerprint density at radius 2 is 0.733 bits per heavy atom. The van der Waals surface area contributed by atoms with Crippen LogP contribution in [0.25, 0.3) is 0 Å². The van der Waals surface area contributed by atoms with Crippen molar-refractivity contribution in [2.75, 3.05) is 42.7 Å². The molecule has 6 nitrogen and oxygen atoms in total. The van der Waals surface area contributed by atoms with E-state index in [1.807, 2.05) is 0 Å². The van der Waals surface area contributed by atoms with Crippen molar-refractivity contribution >= 4 is 0 Å². The van der Waals surface area contributed by atoms with Crippen LogP contribution in [0.4, 0.5) is 0 Å². The highest BCUT2D eigenvalue weighted by molar-refractivity contribution is 4.66. The standard InChI is InChI=1S/C9H20O6/c1-10-8(11-2,12-3)7-9(13-4,14-5)15-6/h7H2,1-6H3. The van der Waals surface area contributed by atoms with E-state index in [-0.39, 0.29) is 6.42 Å². The SMILES string of the molecule is COC(CC(OC)(OC)OC)(OC)OC. The van der Waals surface area contributed by atoms with Gasteiger partial charge in [0.15, 0.2) is 0 Å². The van der Waals surface area contributed by atoms with E-state index in [0.29, 0.717) is 0 Å². The van der Waals surface area contributed by atoms with E-state index in [2.05, 4.69) is 0 Å². The number of methoxy groups -OCH3 is 6. The van der Waals surface area contributed by atoms with E-state index in [1.165, 1.54) is 42.7 Å². The third-order valence-corrected chi connectivity index (χ3v) is 2.30. The van der Waals surface area contributed by atoms with Crippen molar-refractivity contribution in [2.45, 2.75) is 18.4 Å². The Morgan fingerprint density at radius 3 is 0.867 bits per heavy atom. The summed E-state index contributed by atoms with van der Waals surface area (Å²) >= 11 is 0. The van der Waals surface area contributed by atoms with Crippen molar-refractivity contribution in [1.82, 2.24) is 0 Å². The van der Waals surface area contributed by atoms with Crippen LogP contribution in [0.5, 0.6) is 0 Å². The highest BCUT2D eigenvalue weighted by Gasteiger charge is 2.44. The minimum Gasteiger partial charge on any atom is -0.331 e. The molecule has 0 atom stereocenters. The zero-order chi connectivity index (χ0) is 11.9. The van der Waals surface area contributed by atoms with E-state index >= 15 is 0 Å². The Labute approximate surface area is 90.3 Å². The molecule has 0 radical (unpaired) electrons. The molecule has 0 saturated heterocycles. The van der Waals surface area contributed by atoms with Gasteiger partial charge in [-0.3, -0.25) is 0 Å². The summed E-state index contributed by atoms with van der Waals surface area (Å²) in [6.45, 7) is 0. The molecule has 0 aliphatic heterocycles. The molecule has 0 fully saturated rings. The monoisotopic (exact) mass is 224 g/mol. The van der Waals surface area contributed by atoms with Gasteiger partial charge in [0.05, 0.1) is 0 Å². The van der Waals surface area contributed by atoms with Crippen LogP contribution in [0, 0.1) is 0 Å². The summed E-state index contributed by atoms with van der Waals surface area (Å²) in [4.78, 5) is 0. The van der Waals surface area contributed by atoms with Gasteiger partial charge in [-0.2, -0.15) is 0 Å². The number of hydrogen-bond acceptors (Lipinski definition) is 6. The summed E-state index contributed by atoms with van der Waals surface area (Å²) < 4.78 is 30.7. The Morgan fingerprint density at radius 1 is 0.533 bits per heavy atom. The zero-order valence-corrected chi connectivity index (χ0v) is 10.2. The van der Waals surface area contributed by atoms with E-state index < -0.39 is 11.9 Å². The Balaban J connectivity index is 4.74. The average Bonchev–Trinajstić information content (AvgIpc) is 2.33. The molecule has 0 aliphatic carbocycles. The third kappa shape index (κ3) is 3.37. The smallest absolute Gasteiger partial charge is 0.290 e. The highest BCUT2D eigenvalue weighted by atomic mass is 16.9. The molecule has 0 N–H and O–H groups in total. The van der Waals surface area contributed by atoms with Crippen molar-refractivity contribution in [1.29, 1.82) is 0 Å². The van der Waals surface area contributed by atoms with Gasteiger partial charge >= 0.3 is 0 Å². The van der Waals surface area contributed by atoms with E-state index in [4.69, 9.17) is 28.4 Å². The lowest BCUT2D eigenvalue weighted by molar-refractivity contribution is -0.434. The number of rotatable bonds is 8. The first-order chi connectivity index (χ1) is 7.07. The van der Waals surface area contributed by atoms with Gasteiger partial charge in [-0.1, -0.05) is 0 Å². The lowest BCUT2D eigenvalue weighted by atomic mass is 10.3. The van der Waals surface area contributed by atoms with Gasteiger partial charge in [0, 0.05) is 42.7 Å². The highest BCUT2D eigenvalue weighted by Crippen LogP contribution is 2.28. The fraction of sp³-hybridized carbons (Fsp3) is 1.00. The second-order valence-electron chi connectivity index (χ2n) is 2.77. The molecular weight excluding hydrogens is 204 g/mol. The van der Waals surface area contributed by atoms with Crippen LogP contribution in [0.1, 0.15) is 6.42 Å². The maximum Gasteiger partial charge on any atom is 0.290 e. The topological polar surface area (TPSA) is 55.4 Å². The molecule has 0 rings (SSSR count). The van der Waals surface area contributed by atoms with Crippen LogP contribution < -0.4 is 0 Å². The number of hydrogen-bond donors (Lipinski definition) is 0. The summed E-state index contributed by atoms with van der Waals surface area (Å²) in [5, 5.41) is 0. The largest absolute Gasteiger partial charge is 0.331 e. The van der Waals surface area contributed by atoms with E-state index in [0.717, 1.165) is 0 Å². The quantitative estimate of drug-likeness (QED) is 0.562. The first-order valence-electron chi connectivity index (χ1n) is 4.38. The van der Waals surface area contributed by atoms with Gasteiger partial charge in [-0.05, 0) is 0 Å². The first kappa shape index (κ1) is 14.8. The Hall–Kier alpha value is -0.240. The Kier molecular flexibility index (Phi) is 6.26. The third-order valence-electron chi connectivity index (χ3n) is 2.30. The second kappa shape index (κ2) is 6.37. The molecule has 0 aromatic rings. The van der Waals surface area contributed by atoms with Gasteiger partial charge in [-0.15, -0.1) is 0 Å². The van der Waals surface area contributed by atoms with Gasteiger partial charge in [0.2, 0.25) is 0 Å². The van der Waals surface area contributed by atoms with Gasteiger partial charge in [0.1, 0.15) is 6.42 Å². The molecule has 0 bridgehead atoms. The minimum atomic E-state index is -1.26. The fourth-order valence-corrected chi connectivity index (χ4v) is 1.20. The minimum absolute atomic E-state index is 0.104. The van der Waals surface area contributed by atoms with Gasteiger partial charge in [0.25, 0.3) is 11.9 Å². The number of ether oxygens (including phenoxy) is 6. The van der Waals surface area contributed by atoms with Crippen LogP contribution in [-0.2, 0) is 28.4 Å². The van der Waals surface area contributed by atoms with Crippen LogP contribution in [0.15, 0.2) is 0 Å². The van der Waals surface area contributed by atoms with Crippen LogP contribution >= 0.6 is 0 Å². The molecular formula is C9H20O6. The fourth-order valence-electron chi connectivity index (χ4n) is 1.20. The molecule has 0 unspecified atom stereocenters. The lowest BCUT2D eigenvalue weighted by Gasteiger charge is -2.37. The average molecular weight is 224 g/mol. The van der Waals surface area contributed by atoms with Crippen LogP contribution in [0.2, 0.25) is 0 Å². The molecule has 0 aliphatic rings. The predicted molar refractivity (Wildman–Crippen MR) is 52.1 cm³/mol. The normalized spacial score (nSPS) is 13.2. The van der Waals surface area contributed by atoms with Crippen LogP contribution in [-0.4, -0.2) is 54.6 Å². The molecule has 0 aromatic heterocycles. The molecule has 15 heavy (non-hydrogen) atoms. The summed E-state index contributed by atoms with van der Waals surface area (Å²) in [5.41, 5.74) is 0. The summed E-state index contributed by atoms with van der Waals surface area (Å²) in [6.07, 6.45) is 0.104. The summed E-state index contributed by atoms with van der Waals surface area (Å²) in [6, 6.07) is 0. The molecule has 0 amide bonds. The van der Waals surface area contributed by atoms with Crippen molar-refractivity contribution in [3.8, 4) is 0 Å². The summed E-state index contributed by atoms with van der Waals surface area (Å²) in [5.74, 6) is -2.52. The molecule has 92 valence electrons. The lowest BCUT2D eigenvalue weighted by Crippen LogP contribution is -2.48. The van der Waals surface area contributed by atoms with Crippen molar-refractivity contribution in [3.05, 3.63) is 0 Å². The molecule has 6 heteroatoms. The molecule has 0 spiro atoms. The zero-order valence-electron chi connectivity index (χ0n) is 10.2. The summed E-state index contributed by atoms with van der Waals surface area (Å²) in [7, 11) is 8.74. The molecule has 0 heterocycles. The maximum atomic E-state index is 5.11. The van der Waals surface area contributed by atoms with Crippen molar-refractivity contribution in [3.63, 3.8) is 0 Å². The van der Waals surface area contributed by atoms with Gasteiger partial charge in [-0.25, -0.2) is 0 Å². The molecule has 0 saturated carbocycles. The molecule has 0 aromatic carbocycles. The van der Waals surface area contributed by atoms with Crippen LogP contribution in [0.3, 0.4) is 0 Å². The second-order valence-corrected chi connectivity index (χ2v) is 2.77. The van der Waals surface area contributed by atoms with E-state index in [1.54, 1.807) is 0 Å². The Bertz CT molecular complexity index is 129.